The summed E-state index contributed by atoms with van der Waals surface area (Å²) in [7, 11) is -4.39. The lowest BCUT2D eigenvalue weighted by molar-refractivity contribution is 0.0655. The van der Waals surface area contributed by atoms with Crippen LogP contribution in [0.4, 0.5) is 8.78 Å². The Balaban J connectivity index is 1.93. The maximum absolute atomic E-state index is 13.8. The Labute approximate surface area is 146 Å². The molecule has 5 nitrogen and oxygen atoms in total. The molecule has 0 aliphatic rings. The molecule has 25 heavy (non-hydrogen) atoms. The van der Waals surface area contributed by atoms with Crippen LogP contribution in [-0.2, 0) is 15.6 Å². The summed E-state index contributed by atoms with van der Waals surface area (Å²) in [6, 6.07) is 8.47. The van der Waals surface area contributed by atoms with Crippen molar-refractivity contribution in [3.8, 4) is 0 Å². The monoisotopic (exact) mass is 385 g/mol. The Bertz CT molecular complexity index is 920. The highest BCUT2D eigenvalue weighted by atomic mass is 32.2. The fourth-order valence-electron chi connectivity index (χ4n) is 2.28. The second-order valence-corrected chi connectivity index (χ2v) is 7.90. The van der Waals surface area contributed by atoms with Gasteiger partial charge in [0.2, 0.25) is 10.0 Å². The van der Waals surface area contributed by atoms with Crippen LogP contribution in [0.15, 0.2) is 63.4 Å². The van der Waals surface area contributed by atoms with Crippen LogP contribution in [-0.4, -0.2) is 20.1 Å². The maximum Gasteiger partial charge on any atom is 0.243 e. The van der Waals surface area contributed by atoms with Crippen molar-refractivity contribution in [2.75, 3.05) is 6.54 Å². The highest BCUT2D eigenvalue weighted by molar-refractivity contribution is 7.89. The third-order valence-corrected chi connectivity index (χ3v) is 6.00. The van der Waals surface area contributed by atoms with Crippen molar-refractivity contribution >= 4 is 21.4 Å². The van der Waals surface area contributed by atoms with E-state index in [1.807, 2.05) is 0 Å². The fourth-order valence-corrected chi connectivity index (χ4v) is 4.26. The first-order valence-corrected chi connectivity index (χ1v) is 9.44. The van der Waals surface area contributed by atoms with Crippen LogP contribution in [0.25, 0.3) is 0 Å². The van der Waals surface area contributed by atoms with E-state index in [1.54, 1.807) is 23.6 Å². The lowest BCUT2D eigenvalue weighted by Gasteiger charge is -2.25. The summed E-state index contributed by atoms with van der Waals surface area (Å²) < 4.78 is 59.1. The third-order valence-electron chi connectivity index (χ3n) is 3.56. The van der Waals surface area contributed by atoms with Crippen LogP contribution < -0.4 is 4.72 Å². The minimum absolute atomic E-state index is 0.123. The molecule has 0 amide bonds. The van der Waals surface area contributed by atoms with Gasteiger partial charge in [-0.15, -0.1) is 11.3 Å². The van der Waals surface area contributed by atoms with E-state index in [-0.39, 0.29) is 5.76 Å². The number of sulfonamides is 1. The molecule has 1 unspecified atom stereocenters. The summed E-state index contributed by atoms with van der Waals surface area (Å²) in [6.45, 7) is -0.515. The van der Waals surface area contributed by atoms with Crippen molar-refractivity contribution < 1.29 is 26.7 Å². The Morgan fingerprint density at radius 3 is 2.64 bits per heavy atom. The summed E-state index contributed by atoms with van der Waals surface area (Å²) in [4.78, 5) is -0.398. The van der Waals surface area contributed by atoms with Crippen LogP contribution in [0.5, 0.6) is 0 Å². The van der Waals surface area contributed by atoms with Gasteiger partial charge in [0.15, 0.2) is 5.60 Å². The van der Waals surface area contributed by atoms with E-state index in [9.17, 15) is 22.3 Å². The molecule has 2 heterocycles. The van der Waals surface area contributed by atoms with Gasteiger partial charge in [-0.25, -0.2) is 21.9 Å². The van der Waals surface area contributed by atoms with E-state index in [0.717, 1.165) is 12.1 Å². The van der Waals surface area contributed by atoms with E-state index >= 15 is 0 Å². The normalized spacial score (nSPS) is 14.4. The number of hydrogen-bond donors (Lipinski definition) is 2. The van der Waals surface area contributed by atoms with Crippen LogP contribution in [0, 0.1) is 11.6 Å². The van der Waals surface area contributed by atoms with Gasteiger partial charge in [-0.05, 0) is 41.8 Å². The van der Waals surface area contributed by atoms with E-state index in [2.05, 4.69) is 4.72 Å². The fraction of sp³-hybridized carbons (Fsp3) is 0.125. The topological polar surface area (TPSA) is 79.5 Å². The van der Waals surface area contributed by atoms with Gasteiger partial charge in [-0.3, -0.25) is 0 Å². The second kappa shape index (κ2) is 6.68. The molecule has 132 valence electrons. The Hall–Kier alpha value is -2.07. The molecule has 0 aliphatic heterocycles. The molecule has 0 saturated heterocycles. The molecule has 0 saturated carbocycles. The van der Waals surface area contributed by atoms with Gasteiger partial charge in [0.1, 0.15) is 22.3 Å². The quantitative estimate of drug-likeness (QED) is 0.684. The van der Waals surface area contributed by atoms with Gasteiger partial charge >= 0.3 is 0 Å². The largest absolute Gasteiger partial charge is 0.466 e. The van der Waals surface area contributed by atoms with Crippen molar-refractivity contribution in [1.82, 2.24) is 4.72 Å². The van der Waals surface area contributed by atoms with Crippen molar-refractivity contribution in [2.45, 2.75) is 10.5 Å². The molecule has 0 radical (unpaired) electrons. The molecule has 2 aromatic heterocycles. The first-order chi connectivity index (χ1) is 11.8. The Kier molecular flexibility index (Phi) is 4.74. The van der Waals surface area contributed by atoms with Crippen LogP contribution >= 0.6 is 11.3 Å². The van der Waals surface area contributed by atoms with Crippen molar-refractivity contribution in [3.05, 3.63) is 76.4 Å². The number of nitrogens with one attached hydrogen (secondary N) is 1. The van der Waals surface area contributed by atoms with Gasteiger partial charge in [0, 0.05) is 4.88 Å². The SMILES string of the molecule is O=S(=O)(NCC(O)(c1ccco1)c1cccs1)c1cc(F)ccc1F. The predicted octanol–water partition coefficient (Wildman–Crippen LogP) is 2.83. The van der Waals surface area contributed by atoms with Gasteiger partial charge in [-0.1, -0.05) is 6.07 Å². The zero-order valence-corrected chi connectivity index (χ0v) is 14.3. The second-order valence-electron chi connectivity index (χ2n) is 5.21. The molecular weight excluding hydrogens is 372 g/mol. The lowest BCUT2D eigenvalue weighted by Crippen LogP contribution is -2.41. The summed E-state index contributed by atoms with van der Waals surface area (Å²) in [5.74, 6) is -1.86. The molecule has 2 N–H and O–H groups in total. The number of rotatable bonds is 6. The van der Waals surface area contributed by atoms with Gasteiger partial charge in [0.25, 0.3) is 0 Å². The minimum Gasteiger partial charge on any atom is -0.466 e. The molecule has 3 aromatic rings. The highest BCUT2D eigenvalue weighted by Crippen LogP contribution is 2.33. The minimum atomic E-state index is -4.39. The standard InChI is InChI=1S/C16H13F2NO4S2/c17-11-5-6-12(18)13(9-11)25(21,22)19-10-16(20,14-3-1-7-23-14)15-4-2-8-24-15/h1-9,19-20H,10H2. The van der Waals surface area contributed by atoms with Crippen molar-refractivity contribution in [3.63, 3.8) is 0 Å². The molecule has 0 fully saturated rings. The zero-order chi connectivity index (χ0) is 18.1. The van der Waals surface area contributed by atoms with Crippen molar-refractivity contribution in [1.29, 1.82) is 0 Å². The average molecular weight is 385 g/mol. The molecular formula is C16H13F2NO4S2. The van der Waals surface area contributed by atoms with E-state index in [0.29, 0.717) is 10.9 Å². The number of halogens is 2. The van der Waals surface area contributed by atoms with Crippen LogP contribution in [0.3, 0.4) is 0 Å². The van der Waals surface area contributed by atoms with E-state index in [1.165, 1.54) is 23.7 Å². The first kappa shape index (κ1) is 17.7. The maximum atomic E-state index is 13.8. The number of aliphatic hydroxyl groups is 1. The van der Waals surface area contributed by atoms with E-state index < -0.39 is 38.7 Å². The molecule has 3 rings (SSSR count). The van der Waals surface area contributed by atoms with Gasteiger partial charge in [0.05, 0.1) is 12.8 Å². The summed E-state index contributed by atoms with van der Waals surface area (Å²) >= 11 is 1.20. The number of furan rings is 1. The Morgan fingerprint density at radius 1 is 1.20 bits per heavy atom. The number of benzene rings is 1. The number of thiophene rings is 1. The highest BCUT2D eigenvalue weighted by Gasteiger charge is 2.37. The third kappa shape index (κ3) is 3.49. The lowest BCUT2D eigenvalue weighted by atomic mass is 9.99. The van der Waals surface area contributed by atoms with E-state index in [4.69, 9.17) is 4.42 Å². The predicted molar refractivity (Wildman–Crippen MR) is 87.6 cm³/mol. The molecule has 1 aromatic carbocycles. The Morgan fingerprint density at radius 2 is 2.00 bits per heavy atom. The summed E-state index contributed by atoms with van der Waals surface area (Å²) in [6.07, 6.45) is 1.34. The smallest absolute Gasteiger partial charge is 0.243 e. The van der Waals surface area contributed by atoms with Crippen molar-refractivity contribution in [2.24, 2.45) is 0 Å². The summed E-state index contributed by atoms with van der Waals surface area (Å²) in [5.41, 5.74) is -1.78. The molecule has 9 heteroatoms. The molecule has 0 aliphatic carbocycles. The van der Waals surface area contributed by atoms with Gasteiger partial charge in [-0.2, -0.15) is 0 Å². The first-order valence-electron chi connectivity index (χ1n) is 7.08. The molecule has 0 spiro atoms. The molecule has 1 atom stereocenters. The molecule has 0 bridgehead atoms. The van der Waals surface area contributed by atoms with Crippen LogP contribution in [0.2, 0.25) is 0 Å². The number of hydrogen-bond acceptors (Lipinski definition) is 5. The zero-order valence-electron chi connectivity index (χ0n) is 12.6. The summed E-state index contributed by atoms with van der Waals surface area (Å²) in [5, 5.41) is 12.7. The average Bonchev–Trinajstić information content (AvgIpc) is 3.28. The van der Waals surface area contributed by atoms with Gasteiger partial charge < -0.3 is 9.52 Å². The van der Waals surface area contributed by atoms with Crippen LogP contribution in [0.1, 0.15) is 10.6 Å².